The Bertz CT molecular complexity index is 981. The molecule has 1 atom stereocenters. The van der Waals surface area contributed by atoms with Gasteiger partial charge >= 0.3 is 0 Å². The minimum Gasteiger partial charge on any atom is -0.369 e. The van der Waals surface area contributed by atoms with Crippen molar-refractivity contribution in [3.8, 4) is 0 Å². The Hall–Kier alpha value is -2.35. The molecule has 0 aliphatic carbocycles. The van der Waals surface area contributed by atoms with Gasteiger partial charge in [0.15, 0.2) is 5.96 Å². The Balaban J connectivity index is 0.00000256. The predicted molar refractivity (Wildman–Crippen MR) is 137 cm³/mol. The summed E-state index contributed by atoms with van der Waals surface area (Å²) in [6.07, 6.45) is 3.89. The van der Waals surface area contributed by atoms with E-state index in [1.807, 2.05) is 19.3 Å². The molecule has 0 bridgehead atoms. The standard InChI is InChI=1S/C24H29N5.HI/c1-18-8-10-22(11-9-18)29-16-13-21(17-29)28-24(25-2)27-15-12-20-6-3-5-19-7-4-14-26-23(19)20;/h3-11,14,21H,12-13,15-17H2,1-2H3,(H2,25,27,28);1H. The summed E-state index contributed by atoms with van der Waals surface area (Å²) in [6, 6.07) is 19.6. The van der Waals surface area contributed by atoms with Crippen LogP contribution in [-0.4, -0.2) is 43.7 Å². The van der Waals surface area contributed by atoms with Crippen LogP contribution in [0.1, 0.15) is 17.5 Å². The number of rotatable bonds is 5. The van der Waals surface area contributed by atoms with E-state index >= 15 is 0 Å². The van der Waals surface area contributed by atoms with Gasteiger partial charge in [-0.25, -0.2) is 0 Å². The summed E-state index contributed by atoms with van der Waals surface area (Å²) in [6.45, 7) is 5.02. The first kappa shape index (κ1) is 22.3. The maximum Gasteiger partial charge on any atom is 0.191 e. The molecule has 30 heavy (non-hydrogen) atoms. The Morgan fingerprint density at radius 3 is 2.73 bits per heavy atom. The molecular weight excluding hydrogens is 485 g/mol. The van der Waals surface area contributed by atoms with Gasteiger partial charge in [0.25, 0.3) is 0 Å². The van der Waals surface area contributed by atoms with Crippen LogP contribution in [0, 0.1) is 6.92 Å². The number of benzene rings is 2. The van der Waals surface area contributed by atoms with Crippen molar-refractivity contribution < 1.29 is 0 Å². The first-order valence-electron chi connectivity index (χ1n) is 10.3. The number of aromatic nitrogens is 1. The highest BCUT2D eigenvalue weighted by Gasteiger charge is 2.23. The first-order chi connectivity index (χ1) is 14.2. The summed E-state index contributed by atoms with van der Waals surface area (Å²) in [5, 5.41) is 8.24. The fourth-order valence-corrected chi connectivity index (χ4v) is 3.94. The first-order valence-corrected chi connectivity index (χ1v) is 10.3. The number of hydrogen-bond donors (Lipinski definition) is 2. The third-order valence-electron chi connectivity index (χ3n) is 5.55. The Morgan fingerprint density at radius 2 is 1.93 bits per heavy atom. The van der Waals surface area contributed by atoms with Gasteiger partial charge in [-0.2, -0.15) is 0 Å². The van der Waals surface area contributed by atoms with Crippen molar-refractivity contribution in [3.05, 3.63) is 71.9 Å². The number of fused-ring (bicyclic) bond motifs is 1. The molecule has 1 fully saturated rings. The third-order valence-corrected chi connectivity index (χ3v) is 5.55. The van der Waals surface area contributed by atoms with Crippen LogP contribution < -0.4 is 15.5 Å². The van der Waals surface area contributed by atoms with Crippen molar-refractivity contribution in [2.24, 2.45) is 4.99 Å². The zero-order chi connectivity index (χ0) is 20.1. The normalized spacial score (nSPS) is 16.4. The highest BCUT2D eigenvalue weighted by atomic mass is 127. The lowest BCUT2D eigenvalue weighted by molar-refractivity contribution is 0.648. The molecule has 6 heteroatoms. The van der Waals surface area contributed by atoms with Crippen molar-refractivity contribution in [1.29, 1.82) is 0 Å². The van der Waals surface area contributed by atoms with E-state index in [4.69, 9.17) is 0 Å². The van der Waals surface area contributed by atoms with E-state index in [1.54, 1.807) is 0 Å². The number of aryl methyl sites for hydroxylation is 1. The molecule has 1 aliphatic rings. The molecular formula is C24H30IN5. The van der Waals surface area contributed by atoms with E-state index < -0.39 is 0 Å². The molecule has 1 aliphatic heterocycles. The molecule has 0 amide bonds. The number of halogens is 1. The lowest BCUT2D eigenvalue weighted by Crippen LogP contribution is -2.45. The minimum atomic E-state index is 0. The van der Waals surface area contributed by atoms with Gasteiger partial charge < -0.3 is 15.5 Å². The fourth-order valence-electron chi connectivity index (χ4n) is 3.94. The number of anilines is 1. The molecule has 0 radical (unpaired) electrons. The highest BCUT2D eigenvalue weighted by molar-refractivity contribution is 14.0. The summed E-state index contributed by atoms with van der Waals surface area (Å²) >= 11 is 0. The van der Waals surface area contributed by atoms with E-state index in [9.17, 15) is 0 Å². The number of hydrogen-bond acceptors (Lipinski definition) is 3. The zero-order valence-electron chi connectivity index (χ0n) is 17.6. The van der Waals surface area contributed by atoms with Crippen LogP contribution in [0.25, 0.3) is 10.9 Å². The molecule has 1 aromatic heterocycles. The summed E-state index contributed by atoms with van der Waals surface area (Å²) in [4.78, 5) is 11.4. The third kappa shape index (κ3) is 5.41. The van der Waals surface area contributed by atoms with Gasteiger partial charge in [-0.3, -0.25) is 9.98 Å². The van der Waals surface area contributed by atoms with Crippen LogP contribution in [0.5, 0.6) is 0 Å². The molecule has 2 heterocycles. The number of pyridine rings is 1. The SMILES string of the molecule is CN=C(NCCc1cccc2cccnc12)NC1CCN(c2ccc(C)cc2)C1.I. The van der Waals surface area contributed by atoms with Crippen molar-refractivity contribution in [2.75, 3.05) is 31.6 Å². The van der Waals surface area contributed by atoms with Gasteiger partial charge in [0.05, 0.1) is 5.52 Å². The monoisotopic (exact) mass is 515 g/mol. The van der Waals surface area contributed by atoms with Gasteiger partial charge in [0.2, 0.25) is 0 Å². The van der Waals surface area contributed by atoms with E-state index in [0.717, 1.165) is 44.0 Å². The second-order valence-corrected chi connectivity index (χ2v) is 7.65. The molecule has 3 aromatic rings. The van der Waals surface area contributed by atoms with Crippen LogP contribution >= 0.6 is 24.0 Å². The quantitative estimate of drug-likeness (QED) is 0.305. The molecule has 2 aromatic carbocycles. The number of guanidine groups is 1. The van der Waals surface area contributed by atoms with Gasteiger partial charge in [0.1, 0.15) is 0 Å². The largest absolute Gasteiger partial charge is 0.369 e. The van der Waals surface area contributed by atoms with Crippen LogP contribution in [0.4, 0.5) is 5.69 Å². The van der Waals surface area contributed by atoms with E-state index in [1.165, 1.54) is 22.2 Å². The van der Waals surface area contributed by atoms with Gasteiger partial charge in [-0.1, -0.05) is 42.0 Å². The molecule has 2 N–H and O–H groups in total. The van der Waals surface area contributed by atoms with Gasteiger partial charge in [-0.05, 0) is 43.5 Å². The highest BCUT2D eigenvalue weighted by Crippen LogP contribution is 2.21. The number of para-hydroxylation sites is 1. The Kier molecular flexibility index (Phi) is 7.90. The summed E-state index contributed by atoms with van der Waals surface area (Å²) in [5.41, 5.74) is 4.95. The Labute approximate surface area is 196 Å². The van der Waals surface area contributed by atoms with Crippen LogP contribution in [0.3, 0.4) is 0 Å². The van der Waals surface area contributed by atoms with Crippen LogP contribution in [0.15, 0.2) is 65.8 Å². The van der Waals surface area contributed by atoms with Crippen molar-refractivity contribution >= 4 is 46.5 Å². The van der Waals surface area contributed by atoms with Crippen LogP contribution in [-0.2, 0) is 6.42 Å². The van der Waals surface area contributed by atoms with E-state index in [2.05, 4.69) is 81.0 Å². The topological polar surface area (TPSA) is 52.6 Å². The molecule has 5 nitrogen and oxygen atoms in total. The van der Waals surface area contributed by atoms with E-state index in [-0.39, 0.29) is 24.0 Å². The molecule has 1 saturated heterocycles. The Morgan fingerprint density at radius 1 is 1.13 bits per heavy atom. The summed E-state index contributed by atoms with van der Waals surface area (Å²) in [5.74, 6) is 0.869. The maximum atomic E-state index is 4.55. The minimum absolute atomic E-state index is 0. The van der Waals surface area contributed by atoms with Crippen molar-refractivity contribution in [3.63, 3.8) is 0 Å². The molecule has 0 saturated carbocycles. The van der Waals surface area contributed by atoms with Gasteiger partial charge in [0, 0.05) is 50.0 Å². The molecule has 1 unspecified atom stereocenters. The van der Waals surface area contributed by atoms with E-state index in [0.29, 0.717) is 6.04 Å². The molecule has 0 spiro atoms. The lowest BCUT2D eigenvalue weighted by atomic mass is 10.1. The van der Waals surface area contributed by atoms with Gasteiger partial charge in [-0.15, -0.1) is 24.0 Å². The summed E-state index contributed by atoms with van der Waals surface area (Å²) < 4.78 is 0. The second-order valence-electron chi connectivity index (χ2n) is 7.65. The smallest absolute Gasteiger partial charge is 0.191 e. The molecule has 158 valence electrons. The lowest BCUT2D eigenvalue weighted by Gasteiger charge is -2.20. The van der Waals surface area contributed by atoms with Crippen LogP contribution in [0.2, 0.25) is 0 Å². The zero-order valence-corrected chi connectivity index (χ0v) is 20.0. The predicted octanol–water partition coefficient (Wildman–Crippen LogP) is 4.15. The average Bonchev–Trinajstić information content (AvgIpc) is 3.22. The number of aliphatic imine (C=N–C) groups is 1. The van der Waals surface area contributed by atoms with Crippen molar-refractivity contribution in [2.45, 2.75) is 25.8 Å². The average molecular weight is 515 g/mol. The van der Waals surface area contributed by atoms with Crippen molar-refractivity contribution in [1.82, 2.24) is 15.6 Å². The number of nitrogens with zero attached hydrogens (tertiary/aromatic N) is 3. The fraction of sp³-hybridized carbons (Fsp3) is 0.333. The molecule has 4 rings (SSSR count). The number of nitrogens with one attached hydrogen (secondary N) is 2. The maximum absolute atomic E-state index is 4.55. The second kappa shape index (κ2) is 10.6. The summed E-state index contributed by atoms with van der Waals surface area (Å²) in [7, 11) is 1.83.